The van der Waals surface area contributed by atoms with Crippen molar-refractivity contribution in [2.45, 2.75) is 26.3 Å². The van der Waals surface area contributed by atoms with Crippen molar-refractivity contribution < 1.29 is 0 Å². The zero-order chi connectivity index (χ0) is 9.68. The molecule has 0 heterocycles. The van der Waals surface area contributed by atoms with Gasteiger partial charge in [0, 0.05) is 6.04 Å². The van der Waals surface area contributed by atoms with Crippen molar-refractivity contribution in [3.05, 3.63) is 35.9 Å². The summed E-state index contributed by atoms with van der Waals surface area (Å²) in [6, 6.07) is 11.2. The van der Waals surface area contributed by atoms with E-state index in [-0.39, 0.29) is 0 Å². The Labute approximate surface area is 81.2 Å². The normalized spacial score (nSPS) is 13.2. The Morgan fingerprint density at radius 1 is 1.15 bits per heavy atom. The molecule has 0 aromatic heterocycles. The monoisotopic (exact) mass is 177 g/mol. The highest BCUT2D eigenvalue weighted by Gasteiger charge is 2.10. The van der Waals surface area contributed by atoms with Gasteiger partial charge in [-0.1, -0.05) is 44.2 Å². The number of likely N-dealkylation sites (N-methyl/N-ethyl adjacent to an activating group) is 1. The number of hydrogen-bond donors (Lipinski definition) is 1. The average Bonchev–Trinajstić information content (AvgIpc) is 2.15. The summed E-state index contributed by atoms with van der Waals surface area (Å²) in [6.45, 7) is 4.51. The van der Waals surface area contributed by atoms with Gasteiger partial charge in [-0.05, 0) is 24.9 Å². The molecule has 1 unspecified atom stereocenters. The standard InChI is InChI=1S/C12H19N/c1-10(2)12(13-3)9-11-7-5-4-6-8-11/h4-8,10,12-13H,9H2,1-3H3. The summed E-state index contributed by atoms with van der Waals surface area (Å²) in [5, 5.41) is 3.35. The first kappa shape index (κ1) is 10.3. The molecular formula is C12H19N. The summed E-state index contributed by atoms with van der Waals surface area (Å²) in [5.41, 5.74) is 1.41. The molecule has 1 aromatic carbocycles. The van der Waals surface area contributed by atoms with Crippen LogP contribution in [-0.4, -0.2) is 13.1 Å². The highest BCUT2D eigenvalue weighted by Crippen LogP contribution is 2.09. The Kier molecular flexibility index (Phi) is 3.97. The van der Waals surface area contributed by atoms with Crippen LogP contribution in [0.25, 0.3) is 0 Å². The van der Waals surface area contributed by atoms with E-state index in [1.165, 1.54) is 5.56 Å². The molecule has 13 heavy (non-hydrogen) atoms. The fourth-order valence-electron chi connectivity index (χ4n) is 1.54. The molecule has 1 aromatic rings. The smallest absolute Gasteiger partial charge is 0.0127 e. The second kappa shape index (κ2) is 5.03. The minimum atomic E-state index is 0.586. The van der Waals surface area contributed by atoms with Gasteiger partial charge in [-0.3, -0.25) is 0 Å². The zero-order valence-corrected chi connectivity index (χ0v) is 8.75. The van der Waals surface area contributed by atoms with Gasteiger partial charge in [0.1, 0.15) is 0 Å². The average molecular weight is 177 g/mol. The van der Waals surface area contributed by atoms with Crippen molar-refractivity contribution >= 4 is 0 Å². The van der Waals surface area contributed by atoms with E-state index < -0.39 is 0 Å². The van der Waals surface area contributed by atoms with Crippen LogP contribution < -0.4 is 5.32 Å². The van der Waals surface area contributed by atoms with Crippen molar-refractivity contribution in [2.24, 2.45) is 5.92 Å². The topological polar surface area (TPSA) is 12.0 Å². The van der Waals surface area contributed by atoms with E-state index in [2.05, 4.69) is 49.5 Å². The molecule has 0 saturated heterocycles. The first-order valence-corrected chi connectivity index (χ1v) is 4.95. The molecule has 0 aliphatic heterocycles. The molecule has 1 N–H and O–H groups in total. The first-order valence-electron chi connectivity index (χ1n) is 4.95. The molecule has 1 heteroatoms. The molecule has 0 amide bonds. The lowest BCUT2D eigenvalue weighted by Crippen LogP contribution is -2.32. The first-order chi connectivity index (χ1) is 6.24. The van der Waals surface area contributed by atoms with Gasteiger partial charge in [-0.2, -0.15) is 0 Å². The van der Waals surface area contributed by atoms with Crippen LogP contribution in [0.15, 0.2) is 30.3 Å². The molecule has 1 rings (SSSR count). The molecule has 0 fully saturated rings. The molecular weight excluding hydrogens is 158 g/mol. The van der Waals surface area contributed by atoms with Crippen molar-refractivity contribution in [1.29, 1.82) is 0 Å². The maximum absolute atomic E-state index is 3.35. The molecule has 1 nitrogen and oxygen atoms in total. The Morgan fingerprint density at radius 3 is 2.23 bits per heavy atom. The fraction of sp³-hybridized carbons (Fsp3) is 0.500. The van der Waals surface area contributed by atoms with Gasteiger partial charge in [0.15, 0.2) is 0 Å². The third kappa shape index (κ3) is 3.19. The van der Waals surface area contributed by atoms with Crippen LogP contribution in [0.2, 0.25) is 0 Å². The van der Waals surface area contributed by atoms with Gasteiger partial charge in [0.2, 0.25) is 0 Å². The Bertz CT molecular complexity index is 228. The summed E-state index contributed by atoms with van der Waals surface area (Å²) in [5.74, 6) is 0.685. The van der Waals surface area contributed by atoms with Gasteiger partial charge in [0.25, 0.3) is 0 Å². The quantitative estimate of drug-likeness (QED) is 0.745. The Morgan fingerprint density at radius 2 is 1.77 bits per heavy atom. The minimum absolute atomic E-state index is 0.586. The molecule has 0 saturated carbocycles. The van der Waals surface area contributed by atoms with Crippen molar-refractivity contribution in [1.82, 2.24) is 5.32 Å². The molecule has 0 aliphatic rings. The number of hydrogen-bond acceptors (Lipinski definition) is 1. The van der Waals surface area contributed by atoms with E-state index in [0.717, 1.165) is 6.42 Å². The van der Waals surface area contributed by atoms with Gasteiger partial charge < -0.3 is 5.32 Å². The van der Waals surface area contributed by atoms with E-state index in [9.17, 15) is 0 Å². The van der Waals surface area contributed by atoms with Crippen molar-refractivity contribution in [2.75, 3.05) is 7.05 Å². The van der Waals surface area contributed by atoms with E-state index in [1.807, 2.05) is 7.05 Å². The van der Waals surface area contributed by atoms with Crippen LogP contribution in [0.5, 0.6) is 0 Å². The lowest BCUT2D eigenvalue weighted by molar-refractivity contribution is 0.424. The van der Waals surface area contributed by atoms with Gasteiger partial charge in [0.05, 0.1) is 0 Å². The third-order valence-electron chi connectivity index (χ3n) is 2.47. The number of benzene rings is 1. The lowest BCUT2D eigenvalue weighted by Gasteiger charge is -2.19. The van der Waals surface area contributed by atoms with E-state index in [0.29, 0.717) is 12.0 Å². The largest absolute Gasteiger partial charge is 0.316 e. The van der Waals surface area contributed by atoms with Crippen molar-refractivity contribution in [3.8, 4) is 0 Å². The predicted octanol–water partition coefficient (Wildman–Crippen LogP) is 2.47. The maximum atomic E-state index is 3.35. The molecule has 72 valence electrons. The van der Waals surface area contributed by atoms with Crippen LogP contribution in [0.1, 0.15) is 19.4 Å². The summed E-state index contributed by atoms with van der Waals surface area (Å²) >= 11 is 0. The van der Waals surface area contributed by atoms with E-state index in [4.69, 9.17) is 0 Å². The Balaban J connectivity index is 2.57. The summed E-state index contributed by atoms with van der Waals surface area (Å²) in [4.78, 5) is 0. The maximum Gasteiger partial charge on any atom is 0.0127 e. The minimum Gasteiger partial charge on any atom is -0.316 e. The van der Waals surface area contributed by atoms with E-state index >= 15 is 0 Å². The fourth-order valence-corrected chi connectivity index (χ4v) is 1.54. The lowest BCUT2D eigenvalue weighted by atomic mass is 9.97. The van der Waals surface area contributed by atoms with Gasteiger partial charge in [-0.25, -0.2) is 0 Å². The summed E-state index contributed by atoms with van der Waals surface area (Å²) in [7, 11) is 2.04. The van der Waals surface area contributed by atoms with Crippen LogP contribution in [-0.2, 0) is 6.42 Å². The SMILES string of the molecule is CNC(Cc1ccccc1)C(C)C. The van der Waals surface area contributed by atoms with Crippen molar-refractivity contribution in [3.63, 3.8) is 0 Å². The van der Waals surface area contributed by atoms with Crippen LogP contribution in [0.3, 0.4) is 0 Å². The van der Waals surface area contributed by atoms with Gasteiger partial charge in [-0.15, -0.1) is 0 Å². The Hall–Kier alpha value is -0.820. The van der Waals surface area contributed by atoms with E-state index in [1.54, 1.807) is 0 Å². The second-order valence-electron chi connectivity index (χ2n) is 3.83. The third-order valence-corrected chi connectivity index (χ3v) is 2.47. The highest BCUT2D eigenvalue weighted by molar-refractivity contribution is 5.15. The molecule has 0 bridgehead atoms. The van der Waals surface area contributed by atoms with Crippen LogP contribution >= 0.6 is 0 Å². The highest BCUT2D eigenvalue weighted by atomic mass is 14.9. The summed E-state index contributed by atoms with van der Waals surface area (Å²) < 4.78 is 0. The predicted molar refractivity (Wildman–Crippen MR) is 57.8 cm³/mol. The van der Waals surface area contributed by atoms with Crippen LogP contribution in [0, 0.1) is 5.92 Å². The molecule has 0 spiro atoms. The molecule has 0 aliphatic carbocycles. The molecule has 1 atom stereocenters. The van der Waals surface area contributed by atoms with Crippen LogP contribution in [0.4, 0.5) is 0 Å². The number of rotatable bonds is 4. The second-order valence-corrected chi connectivity index (χ2v) is 3.83. The zero-order valence-electron chi connectivity index (χ0n) is 8.75. The number of nitrogens with one attached hydrogen (secondary N) is 1. The van der Waals surface area contributed by atoms with Gasteiger partial charge >= 0.3 is 0 Å². The molecule has 0 radical (unpaired) electrons. The summed E-state index contributed by atoms with van der Waals surface area (Å²) in [6.07, 6.45) is 1.12.